The molecule has 1 saturated heterocycles. The summed E-state index contributed by atoms with van der Waals surface area (Å²) in [6.07, 6.45) is 4.82. The predicted octanol–water partition coefficient (Wildman–Crippen LogP) is 6.54. The summed E-state index contributed by atoms with van der Waals surface area (Å²) in [7, 11) is 2.01. The van der Waals surface area contributed by atoms with Gasteiger partial charge in [-0.05, 0) is 86.7 Å². The average Bonchev–Trinajstić information content (AvgIpc) is 3.36. The Morgan fingerprint density at radius 2 is 1.80 bits per heavy atom. The number of aryl methyl sites for hydroxylation is 1. The number of likely N-dealkylation sites (N-methyl/N-ethyl adjacent to an activating group) is 1. The Balaban J connectivity index is 1.39. The highest BCUT2D eigenvalue weighted by atomic mass is 19.4. The number of piperazine rings is 1. The molecule has 2 aliphatic rings. The molecule has 230 valence electrons. The number of nitrogens with zero attached hydrogens (tertiary/aromatic N) is 4. The number of aromatic nitrogens is 2. The number of halogens is 3. The third-order valence-corrected chi connectivity index (χ3v) is 8.39. The van der Waals surface area contributed by atoms with Crippen molar-refractivity contribution in [1.82, 2.24) is 19.4 Å². The zero-order valence-electron chi connectivity index (χ0n) is 25.7. The highest BCUT2D eigenvalue weighted by Gasteiger charge is 2.34. The van der Waals surface area contributed by atoms with Crippen LogP contribution in [0.25, 0.3) is 6.08 Å². The van der Waals surface area contributed by atoms with Gasteiger partial charge in [0.2, 0.25) is 0 Å². The number of rotatable bonds is 5. The van der Waals surface area contributed by atoms with Gasteiger partial charge in [0.1, 0.15) is 11.5 Å². The van der Waals surface area contributed by atoms with E-state index in [0.29, 0.717) is 30.6 Å². The van der Waals surface area contributed by atoms with E-state index >= 15 is 0 Å². The lowest BCUT2D eigenvalue weighted by molar-refractivity contribution is -0.138. The zero-order valence-corrected chi connectivity index (χ0v) is 25.7. The minimum Gasteiger partial charge on any atom is -0.322 e. The maximum Gasteiger partial charge on any atom is 0.416 e. The van der Waals surface area contributed by atoms with Gasteiger partial charge in [0.05, 0.1) is 11.8 Å². The van der Waals surface area contributed by atoms with Crippen molar-refractivity contribution < 1.29 is 18.0 Å². The third-order valence-electron chi connectivity index (χ3n) is 8.39. The van der Waals surface area contributed by atoms with Crippen LogP contribution >= 0.6 is 0 Å². The average molecular weight is 602 g/mol. The number of carbonyl (C=O) groups excluding carboxylic acids is 1. The van der Waals surface area contributed by atoms with E-state index in [1.165, 1.54) is 11.6 Å². The first-order valence-corrected chi connectivity index (χ1v) is 15.0. The molecule has 6 nitrogen and oxygen atoms in total. The number of imidazole rings is 1. The largest absolute Gasteiger partial charge is 0.416 e. The van der Waals surface area contributed by atoms with E-state index in [2.05, 4.69) is 44.6 Å². The Labute approximate surface area is 257 Å². The van der Waals surface area contributed by atoms with Gasteiger partial charge in [0.15, 0.2) is 0 Å². The van der Waals surface area contributed by atoms with Crippen molar-refractivity contribution >= 4 is 17.7 Å². The lowest BCUT2D eigenvalue weighted by atomic mass is 9.96. The highest BCUT2D eigenvalue weighted by Crippen LogP contribution is 2.35. The number of carbonyl (C=O) groups is 1. The molecule has 9 heteroatoms. The summed E-state index contributed by atoms with van der Waals surface area (Å²) in [5.41, 5.74) is 4.59. The van der Waals surface area contributed by atoms with Crippen molar-refractivity contribution in [3.63, 3.8) is 0 Å². The molecule has 3 aromatic rings. The van der Waals surface area contributed by atoms with Crippen LogP contribution < -0.4 is 5.32 Å². The van der Waals surface area contributed by atoms with Crippen LogP contribution in [-0.2, 0) is 25.7 Å². The first-order valence-electron chi connectivity index (χ1n) is 15.0. The molecule has 0 bridgehead atoms. The number of benzene rings is 2. The Morgan fingerprint density at radius 1 is 1.02 bits per heavy atom. The second kappa shape index (κ2) is 13.2. The van der Waals surface area contributed by atoms with E-state index in [4.69, 9.17) is 0 Å². The van der Waals surface area contributed by atoms with Crippen molar-refractivity contribution in [1.29, 1.82) is 0 Å². The minimum absolute atomic E-state index is 0.103. The van der Waals surface area contributed by atoms with Crippen molar-refractivity contribution in [2.75, 3.05) is 38.5 Å². The van der Waals surface area contributed by atoms with Crippen LogP contribution in [0.15, 0.2) is 54.3 Å². The molecule has 2 aliphatic heterocycles. The molecule has 0 saturated carbocycles. The third kappa shape index (κ3) is 7.32. The number of amides is 1. The normalized spacial score (nSPS) is 15.9. The van der Waals surface area contributed by atoms with Crippen molar-refractivity contribution in [3.8, 4) is 11.8 Å². The van der Waals surface area contributed by atoms with E-state index in [9.17, 15) is 18.0 Å². The first-order chi connectivity index (χ1) is 21.0. The van der Waals surface area contributed by atoms with Gasteiger partial charge in [-0.3, -0.25) is 9.69 Å². The molecule has 0 unspecified atom stereocenters. The van der Waals surface area contributed by atoms with Crippen LogP contribution in [0.1, 0.15) is 70.0 Å². The molecule has 0 radical (unpaired) electrons. The smallest absolute Gasteiger partial charge is 0.322 e. The van der Waals surface area contributed by atoms with Gasteiger partial charge in [-0.25, -0.2) is 4.98 Å². The molecular formula is C35H38F3N5O. The SMILES string of the molecule is CCc1cc(C(=O)Nc2ccc(CN3CCN(C)CC3)c(C(F)(F)F)c2)cc(C#Cc2cnc3n2CCC(C)=CC=C3)c1C. The second-order valence-electron chi connectivity index (χ2n) is 11.6. The van der Waals surface area contributed by atoms with Gasteiger partial charge in [0, 0.05) is 56.1 Å². The lowest BCUT2D eigenvalue weighted by Crippen LogP contribution is -2.44. The van der Waals surface area contributed by atoms with E-state index in [-0.39, 0.29) is 17.8 Å². The summed E-state index contributed by atoms with van der Waals surface area (Å²) >= 11 is 0. The Hall–Kier alpha value is -4.13. The summed E-state index contributed by atoms with van der Waals surface area (Å²) in [5.74, 6) is 6.83. The molecule has 1 aromatic heterocycles. The molecule has 0 aliphatic carbocycles. The van der Waals surface area contributed by atoms with E-state index in [1.54, 1.807) is 24.4 Å². The summed E-state index contributed by atoms with van der Waals surface area (Å²) in [5, 5.41) is 2.70. The molecule has 0 spiro atoms. The standard InChI is InChI=1S/C35H38F3N5O/c1-5-26-19-29(20-27(25(26)3)10-12-31-22-39-33-8-6-7-24(2)13-14-43(31)33)34(44)40-30-11-9-28(32(21-30)35(36,37)38)23-42-17-15-41(4)16-18-42/h6-9,11,19-22H,5,13-18,23H2,1-4H3,(H,40,44). The molecule has 44 heavy (non-hydrogen) atoms. The van der Waals surface area contributed by atoms with Crippen LogP contribution in [0, 0.1) is 18.8 Å². The van der Waals surface area contributed by atoms with Gasteiger partial charge in [-0.15, -0.1) is 0 Å². The maximum atomic E-state index is 14.1. The fourth-order valence-corrected chi connectivity index (χ4v) is 5.57. The number of nitrogens with one attached hydrogen (secondary N) is 1. The van der Waals surface area contributed by atoms with Crippen molar-refractivity contribution in [2.45, 2.75) is 52.9 Å². The number of fused-ring (bicyclic) bond motifs is 1. The van der Waals surface area contributed by atoms with Crippen LogP contribution in [0.3, 0.4) is 0 Å². The minimum atomic E-state index is -4.54. The van der Waals surface area contributed by atoms with Gasteiger partial charge in [-0.1, -0.05) is 36.6 Å². The quantitative estimate of drug-likeness (QED) is 0.338. The second-order valence-corrected chi connectivity index (χ2v) is 11.6. The number of hydrogen-bond acceptors (Lipinski definition) is 4. The molecule has 2 aromatic carbocycles. The maximum absolute atomic E-state index is 14.1. The van der Waals surface area contributed by atoms with Gasteiger partial charge < -0.3 is 14.8 Å². The number of alkyl halides is 3. The Bertz CT molecular complexity index is 1660. The van der Waals surface area contributed by atoms with Crippen LogP contribution in [0.2, 0.25) is 0 Å². The van der Waals surface area contributed by atoms with Gasteiger partial charge >= 0.3 is 6.18 Å². The topological polar surface area (TPSA) is 53.4 Å². The monoisotopic (exact) mass is 601 g/mol. The Morgan fingerprint density at radius 3 is 2.52 bits per heavy atom. The van der Waals surface area contributed by atoms with Gasteiger partial charge in [-0.2, -0.15) is 13.2 Å². The lowest BCUT2D eigenvalue weighted by Gasteiger charge is -2.33. The van der Waals surface area contributed by atoms with Crippen LogP contribution in [0.4, 0.5) is 18.9 Å². The Kier molecular flexibility index (Phi) is 9.42. The van der Waals surface area contributed by atoms with E-state index in [0.717, 1.165) is 54.8 Å². The molecular weight excluding hydrogens is 563 g/mol. The molecule has 1 N–H and O–H groups in total. The molecule has 1 amide bonds. The van der Waals surface area contributed by atoms with Crippen LogP contribution in [-0.4, -0.2) is 58.5 Å². The van der Waals surface area contributed by atoms with Crippen LogP contribution in [0.5, 0.6) is 0 Å². The summed E-state index contributed by atoms with van der Waals surface area (Å²) in [4.78, 5) is 22.1. The number of allylic oxidation sites excluding steroid dienone is 3. The molecule has 1 fully saturated rings. The highest BCUT2D eigenvalue weighted by molar-refractivity contribution is 6.04. The molecule has 3 heterocycles. The molecule has 0 atom stereocenters. The first kappa shape index (κ1) is 31.3. The number of hydrogen-bond donors (Lipinski definition) is 1. The van der Waals surface area contributed by atoms with Gasteiger partial charge in [0.25, 0.3) is 5.91 Å². The predicted molar refractivity (Wildman–Crippen MR) is 168 cm³/mol. The fraction of sp³-hybridized carbons (Fsp3) is 0.371. The number of anilines is 1. The van der Waals surface area contributed by atoms with E-state index in [1.807, 2.05) is 37.9 Å². The zero-order chi connectivity index (χ0) is 31.4. The summed E-state index contributed by atoms with van der Waals surface area (Å²) in [6, 6.07) is 7.56. The van der Waals surface area contributed by atoms with Crippen molar-refractivity contribution in [2.24, 2.45) is 0 Å². The summed E-state index contributed by atoms with van der Waals surface area (Å²) < 4.78 is 44.4. The summed E-state index contributed by atoms with van der Waals surface area (Å²) in [6.45, 7) is 10.1. The van der Waals surface area contributed by atoms with E-state index < -0.39 is 17.6 Å². The van der Waals surface area contributed by atoms with Crippen molar-refractivity contribution in [3.05, 3.63) is 99.2 Å². The fourth-order valence-electron chi connectivity index (χ4n) is 5.57. The molecule has 5 rings (SSSR count).